The fourth-order valence-electron chi connectivity index (χ4n) is 4.52. The molecule has 1 unspecified atom stereocenters. The number of nitrogens with zero attached hydrogens (tertiary/aromatic N) is 2. The van der Waals surface area contributed by atoms with Crippen LogP contribution in [0, 0.1) is 17.7 Å². The van der Waals surface area contributed by atoms with Crippen molar-refractivity contribution in [3.63, 3.8) is 0 Å². The van der Waals surface area contributed by atoms with E-state index in [-0.39, 0.29) is 11.4 Å². The molecule has 4 rings (SSSR count). The Bertz CT molecular complexity index is 1300. The maximum absolute atomic E-state index is 15.0. The second-order valence-electron chi connectivity index (χ2n) is 10.7. The van der Waals surface area contributed by atoms with Gasteiger partial charge in [-0.2, -0.15) is 0 Å². The Morgan fingerprint density at radius 1 is 1.12 bits per heavy atom. The van der Waals surface area contributed by atoms with Gasteiger partial charge in [0.05, 0.1) is 19.2 Å². The Kier molecular flexibility index (Phi) is 10.1. The lowest BCUT2D eigenvalue weighted by Gasteiger charge is -2.28. The Morgan fingerprint density at radius 2 is 1.90 bits per heavy atom. The Hall–Kier alpha value is -3.47. The molecule has 3 aromatic rings. The summed E-state index contributed by atoms with van der Waals surface area (Å²) in [6.07, 6.45) is 3.19. The largest absolute Gasteiger partial charge is 0.493 e. The number of aliphatic hydroxyl groups excluding tert-OH is 1. The number of ether oxygens (including phenoxy) is 3. The molecule has 0 aliphatic carbocycles. The molecule has 0 spiro atoms. The highest BCUT2D eigenvalue weighted by molar-refractivity contribution is 5.93. The number of fused-ring (bicyclic) bond motifs is 1. The third kappa shape index (κ3) is 7.80. The van der Waals surface area contributed by atoms with Gasteiger partial charge in [0, 0.05) is 29.4 Å². The van der Waals surface area contributed by atoms with Crippen molar-refractivity contribution >= 4 is 22.5 Å². The van der Waals surface area contributed by atoms with Gasteiger partial charge in [-0.3, -0.25) is 15.1 Å². The number of amides is 1. The van der Waals surface area contributed by atoms with Gasteiger partial charge in [-0.05, 0) is 82.0 Å². The summed E-state index contributed by atoms with van der Waals surface area (Å²) in [5.41, 5.74) is 0.826. The molecule has 1 aromatic heterocycles. The number of aliphatic hydroxyl groups is 1. The zero-order chi connectivity index (χ0) is 28.6. The van der Waals surface area contributed by atoms with Crippen molar-refractivity contribution in [2.45, 2.75) is 39.3 Å². The van der Waals surface area contributed by atoms with Crippen LogP contribution in [0.5, 0.6) is 23.0 Å². The van der Waals surface area contributed by atoms with Crippen LogP contribution < -0.4 is 24.8 Å². The van der Waals surface area contributed by atoms with Crippen molar-refractivity contribution in [3.05, 3.63) is 48.4 Å². The maximum atomic E-state index is 15.0. The summed E-state index contributed by atoms with van der Waals surface area (Å²) in [4.78, 5) is 19.0. The lowest BCUT2D eigenvalue weighted by Crippen LogP contribution is -2.41. The first-order valence-electron chi connectivity index (χ1n) is 13.7. The number of anilines is 1. The molecule has 2 heterocycles. The molecule has 3 N–H and O–H groups in total. The summed E-state index contributed by atoms with van der Waals surface area (Å²) in [6.45, 7) is 7.32. The van der Waals surface area contributed by atoms with Crippen molar-refractivity contribution in [2.24, 2.45) is 11.8 Å². The lowest BCUT2D eigenvalue weighted by atomic mass is 9.98. The first-order chi connectivity index (χ1) is 19.2. The number of aromatic nitrogens is 1. The van der Waals surface area contributed by atoms with Crippen LogP contribution >= 0.6 is 0 Å². The second kappa shape index (κ2) is 13.7. The molecule has 1 saturated heterocycles. The van der Waals surface area contributed by atoms with E-state index in [1.54, 1.807) is 25.4 Å². The summed E-state index contributed by atoms with van der Waals surface area (Å²) in [5, 5.41) is 15.9. The monoisotopic (exact) mass is 554 g/mol. The standard InChI is InChI=1S/C30H39FN4O5/c1-19(2)7-11-33-29(36)30(37)34-21-5-6-26(23(31)15-21)40-25-8-12-32-24-17-28(27(38-4)16-22(24)25)39-18-20-9-13-35(3)14-10-20/h5-6,8,12,15-17,19-20,29,33,36H,7,9-11,13-14,18H2,1-4H3,(H,34,37). The Balaban J connectivity index is 1.44. The molecule has 1 aliphatic rings. The zero-order valence-electron chi connectivity index (χ0n) is 23.6. The number of piperidine rings is 1. The normalized spacial score (nSPS) is 15.3. The number of rotatable bonds is 12. The first-order valence-corrected chi connectivity index (χ1v) is 13.7. The highest BCUT2D eigenvalue weighted by atomic mass is 19.1. The van der Waals surface area contributed by atoms with E-state index in [0.717, 1.165) is 38.4 Å². The molecular weight excluding hydrogens is 515 g/mol. The zero-order valence-corrected chi connectivity index (χ0v) is 23.6. The molecule has 9 nitrogen and oxygen atoms in total. The van der Waals surface area contributed by atoms with Gasteiger partial charge in [-0.15, -0.1) is 0 Å². The number of carbonyl (C=O) groups is 1. The minimum absolute atomic E-state index is 0.0253. The minimum atomic E-state index is -1.39. The molecule has 1 amide bonds. The smallest absolute Gasteiger partial charge is 0.268 e. The molecule has 1 atom stereocenters. The summed E-state index contributed by atoms with van der Waals surface area (Å²) in [5.74, 6) is 1.09. The number of benzene rings is 2. The minimum Gasteiger partial charge on any atom is -0.493 e. The number of carbonyl (C=O) groups excluding carboxylic acids is 1. The van der Waals surface area contributed by atoms with Gasteiger partial charge in [0.25, 0.3) is 5.91 Å². The van der Waals surface area contributed by atoms with Crippen LogP contribution in [0.1, 0.15) is 33.1 Å². The van der Waals surface area contributed by atoms with Gasteiger partial charge in [0.2, 0.25) is 0 Å². The predicted molar refractivity (Wildman–Crippen MR) is 153 cm³/mol. The fourth-order valence-corrected chi connectivity index (χ4v) is 4.52. The molecule has 0 saturated carbocycles. The van der Waals surface area contributed by atoms with Crippen LogP contribution in [-0.2, 0) is 4.79 Å². The van der Waals surface area contributed by atoms with Crippen LogP contribution in [0.2, 0.25) is 0 Å². The topological polar surface area (TPSA) is 105 Å². The van der Waals surface area contributed by atoms with Crippen LogP contribution in [0.15, 0.2) is 42.6 Å². The second-order valence-corrected chi connectivity index (χ2v) is 10.7. The lowest BCUT2D eigenvalue weighted by molar-refractivity contribution is -0.125. The van der Waals surface area contributed by atoms with Gasteiger partial charge in [-0.1, -0.05) is 13.8 Å². The molecule has 0 radical (unpaired) electrons. The van der Waals surface area contributed by atoms with E-state index in [1.165, 1.54) is 12.1 Å². The third-order valence-electron chi connectivity index (χ3n) is 7.03. The van der Waals surface area contributed by atoms with E-state index in [0.29, 0.717) is 53.1 Å². The Morgan fingerprint density at radius 3 is 2.60 bits per heavy atom. The fraction of sp³-hybridized carbons (Fsp3) is 0.467. The van der Waals surface area contributed by atoms with Gasteiger partial charge >= 0.3 is 0 Å². The molecule has 40 heavy (non-hydrogen) atoms. The van der Waals surface area contributed by atoms with E-state index >= 15 is 0 Å². The molecule has 0 bridgehead atoms. The third-order valence-corrected chi connectivity index (χ3v) is 7.03. The van der Waals surface area contributed by atoms with Gasteiger partial charge < -0.3 is 29.5 Å². The number of hydrogen-bond acceptors (Lipinski definition) is 8. The number of nitrogens with one attached hydrogen (secondary N) is 2. The quantitative estimate of drug-likeness (QED) is 0.275. The number of hydrogen-bond donors (Lipinski definition) is 3. The molecule has 10 heteroatoms. The summed E-state index contributed by atoms with van der Waals surface area (Å²) in [7, 11) is 3.70. The SMILES string of the molecule is COc1cc2c(Oc3ccc(NC(=O)C(O)NCCC(C)C)cc3F)ccnc2cc1OCC1CCN(C)CC1. The van der Waals surface area contributed by atoms with Gasteiger partial charge in [0.1, 0.15) is 5.75 Å². The van der Waals surface area contributed by atoms with E-state index < -0.39 is 18.0 Å². The maximum Gasteiger partial charge on any atom is 0.268 e. The number of halogens is 1. The molecule has 1 aliphatic heterocycles. The molecule has 216 valence electrons. The number of likely N-dealkylation sites (tertiary alicyclic amines) is 1. The molecular formula is C30H39FN4O5. The summed E-state index contributed by atoms with van der Waals surface area (Å²) < 4.78 is 32.6. The van der Waals surface area contributed by atoms with Crippen LogP contribution in [0.4, 0.5) is 10.1 Å². The van der Waals surface area contributed by atoms with E-state index in [4.69, 9.17) is 14.2 Å². The van der Waals surface area contributed by atoms with Crippen molar-refractivity contribution in [2.75, 3.05) is 45.7 Å². The predicted octanol–water partition coefficient (Wildman–Crippen LogP) is 4.79. The summed E-state index contributed by atoms with van der Waals surface area (Å²) in [6, 6.07) is 9.32. The van der Waals surface area contributed by atoms with E-state index in [2.05, 4.69) is 41.4 Å². The number of pyridine rings is 1. The first kappa shape index (κ1) is 29.5. The summed E-state index contributed by atoms with van der Waals surface area (Å²) >= 11 is 0. The van der Waals surface area contributed by atoms with Gasteiger partial charge in [-0.25, -0.2) is 4.39 Å². The van der Waals surface area contributed by atoms with Crippen molar-refractivity contribution in [3.8, 4) is 23.0 Å². The molecule has 1 fully saturated rings. The van der Waals surface area contributed by atoms with E-state index in [1.807, 2.05) is 6.07 Å². The molecule has 2 aromatic carbocycles. The van der Waals surface area contributed by atoms with Crippen molar-refractivity contribution in [1.29, 1.82) is 0 Å². The van der Waals surface area contributed by atoms with Crippen LogP contribution in [0.3, 0.4) is 0 Å². The average Bonchev–Trinajstić information content (AvgIpc) is 2.93. The van der Waals surface area contributed by atoms with E-state index in [9.17, 15) is 14.3 Å². The number of methoxy groups -OCH3 is 1. The van der Waals surface area contributed by atoms with Crippen LogP contribution in [-0.4, -0.2) is 67.5 Å². The van der Waals surface area contributed by atoms with Crippen molar-refractivity contribution < 1.29 is 28.5 Å². The van der Waals surface area contributed by atoms with Crippen molar-refractivity contribution in [1.82, 2.24) is 15.2 Å². The van der Waals surface area contributed by atoms with Gasteiger partial charge in [0.15, 0.2) is 29.3 Å². The highest BCUT2D eigenvalue weighted by Crippen LogP contribution is 2.38. The highest BCUT2D eigenvalue weighted by Gasteiger charge is 2.20. The van der Waals surface area contributed by atoms with Crippen LogP contribution in [0.25, 0.3) is 10.9 Å². The Labute approximate surface area is 234 Å². The average molecular weight is 555 g/mol.